The van der Waals surface area contributed by atoms with E-state index in [9.17, 15) is 15.0 Å². The van der Waals surface area contributed by atoms with Crippen LogP contribution in [-0.2, 0) is 9.53 Å². The Morgan fingerprint density at radius 3 is 2.52 bits per heavy atom. The predicted molar refractivity (Wildman–Crippen MR) is 124 cm³/mol. The maximum absolute atomic E-state index is 13.2. The van der Waals surface area contributed by atoms with Crippen LogP contribution >= 0.6 is 0 Å². The van der Waals surface area contributed by atoms with Gasteiger partial charge in [0.1, 0.15) is 5.78 Å². The molecule has 4 atom stereocenters. The van der Waals surface area contributed by atoms with E-state index in [-0.39, 0.29) is 23.4 Å². The molecule has 2 aliphatic carbocycles. The van der Waals surface area contributed by atoms with E-state index in [4.69, 9.17) is 4.74 Å². The zero-order valence-corrected chi connectivity index (χ0v) is 20.3. The van der Waals surface area contributed by atoms with Crippen molar-refractivity contribution in [3.05, 3.63) is 0 Å². The minimum Gasteiger partial charge on any atom is -0.396 e. The molecule has 0 aromatic heterocycles. The molecule has 5 heteroatoms. The van der Waals surface area contributed by atoms with Crippen molar-refractivity contribution in [1.82, 2.24) is 4.90 Å². The third-order valence-electron chi connectivity index (χ3n) is 8.91. The highest BCUT2D eigenvalue weighted by Gasteiger charge is 2.46. The fourth-order valence-corrected chi connectivity index (χ4v) is 6.68. The Bertz CT molecular complexity index is 582. The van der Waals surface area contributed by atoms with Gasteiger partial charge in [-0.25, -0.2) is 0 Å². The lowest BCUT2D eigenvalue weighted by Crippen LogP contribution is -2.43. The molecule has 2 saturated carbocycles. The molecule has 31 heavy (non-hydrogen) atoms. The summed E-state index contributed by atoms with van der Waals surface area (Å²) in [4.78, 5) is 15.5. The topological polar surface area (TPSA) is 70.0 Å². The number of rotatable bonds is 10. The predicted octanol–water partition coefficient (Wildman–Crippen LogP) is 4.19. The van der Waals surface area contributed by atoms with Gasteiger partial charge < -0.3 is 14.9 Å². The zero-order chi connectivity index (χ0) is 22.5. The summed E-state index contributed by atoms with van der Waals surface area (Å²) < 4.78 is 5.44. The molecule has 0 bridgehead atoms. The van der Waals surface area contributed by atoms with Gasteiger partial charge in [0.05, 0.1) is 25.4 Å². The molecule has 4 unspecified atom stereocenters. The van der Waals surface area contributed by atoms with Crippen molar-refractivity contribution in [3.8, 4) is 0 Å². The normalized spacial score (nSPS) is 35.4. The maximum atomic E-state index is 13.2. The first-order chi connectivity index (χ1) is 14.7. The maximum Gasteiger partial charge on any atom is 0.150 e. The Morgan fingerprint density at radius 2 is 1.84 bits per heavy atom. The van der Waals surface area contributed by atoms with Gasteiger partial charge in [-0.15, -0.1) is 0 Å². The minimum absolute atomic E-state index is 0.0550. The van der Waals surface area contributed by atoms with Crippen LogP contribution in [0.3, 0.4) is 0 Å². The van der Waals surface area contributed by atoms with E-state index in [1.807, 2.05) is 13.8 Å². The van der Waals surface area contributed by atoms with Crippen LogP contribution in [0.5, 0.6) is 0 Å². The summed E-state index contributed by atoms with van der Waals surface area (Å²) in [6.45, 7) is 10.1. The molecular formula is C26H47NO4. The Morgan fingerprint density at radius 1 is 1.10 bits per heavy atom. The van der Waals surface area contributed by atoms with Crippen LogP contribution in [0.2, 0.25) is 0 Å². The van der Waals surface area contributed by atoms with Gasteiger partial charge in [0.25, 0.3) is 0 Å². The fraction of sp³-hybridized carbons (Fsp3) is 0.962. The van der Waals surface area contributed by atoms with Gasteiger partial charge in [-0.3, -0.25) is 9.69 Å². The first-order valence-corrected chi connectivity index (χ1v) is 12.8. The van der Waals surface area contributed by atoms with Crippen molar-refractivity contribution < 1.29 is 19.7 Å². The van der Waals surface area contributed by atoms with Gasteiger partial charge >= 0.3 is 0 Å². The molecule has 2 N–H and O–H groups in total. The molecule has 180 valence electrons. The van der Waals surface area contributed by atoms with E-state index in [1.54, 1.807) is 0 Å². The first kappa shape index (κ1) is 25.1. The van der Waals surface area contributed by atoms with Gasteiger partial charge in [-0.2, -0.15) is 0 Å². The summed E-state index contributed by atoms with van der Waals surface area (Å²) in [5.41, 5.74) is -0.641. The number of ether oxygens (including phenoxy) is 1. The number of aliphatic hydroxyl groups excluding tert-OH is 1. The van der Waals surface area contributed by atoms with Crippen LogP contribution in [0.15, 0.2) is 0 Å². The number of nitrogens with zero attached hydrogens (tertiary/aromatic N) is 1. The molecule has 0 spiro atoms. The molecule has 3 rings (SSSR count). The van der Waals surface area contributed by atoms with Crippen molar-refractivity contribution >= 4 is 5.78 Å². The quantitative estimate of drug-likeness (QED) is 0.536. The Hall–Kier alpha value is -0.490. The number of aliphatic hydroxyl groups is 2. The molecule has 3 aliphatic rings. The van der Waals surface area contributed by atoms with Gasteiger partial charge in [0, 0.05) is 25.6 Å². The lowest BCUT2D eigenvalue weighted by molar-refractivity contribution is -0.128. The number of hydrogen-bond acceptors (Lipinski definition) is 5. The number of carbonyl (C=O) groups excluding carboxylic acids is 1. The van der Waals surface area contributed by atoms with Crippen LogP contribution in [0.4, 0.5) is 0 Å². The van der Waals surface area contributed by atoms with E-state index in [1.165, 1.54) is 19.3 Å². The molecule has 1 heterocycles. The molecule has 3 fully saturated rings. The van der Waals surface area contributed by atoms with E-state index in [0.717, 1.165) is 77.7 Å². The summed E-state index contributed by atoms with van der Waals surface area (Å²) in [6.07, 6.45) is 11.8. The largest absolute Gasteiger partial charge is 0.396 e. The second-order valence-electron chi connectivity index (χ2n) is 11.8. The van der Waals surface area contributed by atoms with Gasteiger partial charge in [-0.05, 0) is 82.0 Å². The second-order valence-corrected chi connectivity index (χ2v) is 11.8. The average Bonchev–Trinajstić information content (AvgIpc) is 3.13. The SMILES string of the molecule is CC(C)(O)CCC1(CO)CCCCC1CCC1(C)CCCC1C(=O)CN1CCOCC1. The summed E-state index contributed by atoms with van der Waals surface area (Å²) in [6, 6.07) is 0. The molecule has 0 aromatic rings. The Kier molecular flexibility index (Phi) is 8.62. The third-order valence-corrected chi connectivity index (χ3v) is 8.91. The van der Waals surface area contributed by atoms with Gasteiger partial charge in [0.2, 0.25) is 0 Å². The second kappa shape index (κ2) is 10.6. The third kappa shape index (κ3) is 6.52. The smallest absolute Gasteiger partial charge is 0.150 e. The molecule has 0 amide bonds. The standard InChI is InChI=1S/C26H47NO4/c1-24(2,30)13-14-26(20-28)11-5-4-7-21(26)9-12-25(3)10-6-8-22(25)23(29)19-27-15-17-31-18-16-27/h21-22,28,30H,4-20H2,1-3H3. The lowest BCUT2D eigenvalue weighted by atomic mass is 9.60. The Balaban J connectivity index is 1.61. The zero-order valence-electron chi connectivity index (χ0n) is 20.3. The highest BCUT2D eigenvalue weighted by Crippen LogP contribution is 2.52. The van der Waals surface area contributed by atoms with E-state index in [0.29, 0.717) is 18.2 Å². The molecule has 0 aromatic carbocycles. The summed E-state index contributed by atoms with van der Waals surface area (Å²) in [5, 5.41) is 20.7. The van der Waals surface area contributed by atoms with Crippen LogP contribution < -0.4 is 0 Å². The highest BCUT2D eigenvalue weighted by atomic mass is 16.5. The summed E-state index contributed by atoms with van der Waals surface area (Å²) in [7, 11) is 0. The summed E-state index contributed by atoms with van der Waals surface area (Å²) in [5.74, 6) is 1.11. The lowest BCUT2D eigenvalue weighted by Gasteiger charge is -2.46. The van der Waals surface area contributed by atoms with Crippen LogP contribution in [-0.4, -0.2) is 66.0 Å². The molecule has 5 nitrogen and oxygen atoms in total. The van der Waals surface area contributed by atoms with Crippen molar-refractivity contribution in [2.45, 2.75) is 97.0 Å². The molecule has 1 saturated heterocycles. The van der Waals surface area contributed by atoms with Crippen molar-refractivity contribution in [2.24, 2.45) is 22.7 Å². The number of carbonyl (C=O) groups is 1. The average molecular weight is 438 g/mol. The first-order valence-electron chi connectivity index (χ1n) is 12.8. The Labute approximate surface area is 189 Å². The van der Waals surface area contributed by atoms with Crippen molar-refractivity contribution in [3.63, 3.8) is 0 Å². The van der Waals surface area contributed by atoms with Gasteiger partial charge in [-0.1, -0.05) is 26.2 Å². The number of hydrogen-bond donors (Lipinski definition) is 2. The van der Waals surface area contributed by atoms with Gasteiger partial charge in [0.15, 0.2) is 0 Å². The summed E-state index contributed by atoms with van der Waals surface area (Å²) >= 11 is 0. The molecular weight excluding hydrogens is 390 g/mol. The molecule has 0 radical (unpaired) electrons. The van der Waals surface area contributed by atoms with E-state index >= 15 is 0 Å². The number of Topliss-reactive ketones (excluding diaryl/α,β-unsaturated/α-hetero) is 1. The fourth-order valence-electron chi connectivity index (χ4n) is 6.68. The number of ketones is 1. The van der Waals surface area contributed by atoms with E-state index < -0.39 is 5.60 Å². The molecule has 1 aliphatic heterocycles. The van der Waals surface area contributed by atoms with Crippen molar-refractivity contribution in [2.75, 3.05) is 39.5 Å². The van der Waals surface area contributed by atoms with Crippen molar-refractivity contribution in [1.29, 1.82) is 0 Å². The number of morpholine rings is 1. The van der Waals surface area contributed by atoms with Crippen LogP contribution in [0.1, 0.15) is 91.4 Å². The van der Waals surface area contributed by atoms with E-state index in [2.05, 4.69) is 11.8 Å². The monoisotopic (exact) mass is 437 g/mol. The van der Waals surface area contributed by atoms with Crippen LogP contribution in [0.25, 0.3) is 0 Å². The minimum atomic E-state index is -0.682. The van der Waals surface area contributed by atoms with Crippen LogP contribution in [0, 0.1) is 22.7 Å². The highest BCUT2D eigenvalue weighted by molar-refractivity contribution is 5.84.